The molecule has 7 heteroatoms. The van der Waals surface area contributed by atoms with Crippen molar-refractivity contribution < 1.29 is 19.5 Å². The van der Waals surface area contributed by atoms with E-state index in [0.717, 1.165) is 29.9 Å². The molecule has 0 aromatic heterocycles. The zero-order valence-corrected chi connectivity index (χ0v) is 16.7. The van der Waals surface area contributed by atoms with Crippen molar-refractivity contribution >= 4 is 29.5 Å². The van der Waals surface area contributed by atoms with Crippen molar-refractivity contribution in [2.45, 2.75) is 44.9 Å². The lowest BCUT2D eigenvalue weighted by Crippen LogP contribution is -2.31. The largest absolute Gasteiger partial charge is 0.481 e. The summed E-state index contributed by atoms with van der Waals surface area (Å²) in [4.78, 5) is 34.1. The van der Waals surface area contributed by atoms with Gasteiger partial charge in [-0.2, -0.15) is 11.8 Å². The topological polar surface area (TPSA) is 95.5 Å². The van der Waals surface area contributed by atoms with Crippen LogP contribution in [0.1, 0.15) is 50.5 Å². The van der Waals surface area contributed by atoms with E-state index in [1.165, 1.54) is 0 Å². The number of hydrogen-bond acceptors (Lipinski definition) is 4. The summed E-state index contributed by atoms with van der Waals surface area (Å²) in [6.07, 6.45) is 2.50. The molecule has 6 nitrogen and oxygen atoms in total. The maximum absolute atomic E-state index is 11.7. The SMILES string of the molecule is CCCC(=O)NCCC(=O)NCCSCCC(CC(=O)O)c1ccccc1. The molecule has 1 aromatic rings. The minimum atomic E-state index is -0.785. The Labute approximate surface area is 165 Å². The molecule has 0 saturated heterocycles. The van der Waals surface area contributed by atoms with Crippen molar-refractivity contribution in [3.05, 3.63) is 35.9 Å². The molecule has 3 N–H and O–H groups in total. The number of amides is 2. The molecule has 0 aliphatic rings. The summed E-state index contributed by atoms with van der Waals surface area (Å²) in [6, 6.07) is 9.72. The Balaban J connectivity index is 2.15. The van der Waals surface area contributed by atoms with Crippen LogP contribution in [-0.4, -0.2) is 47.5 Å². The molecule has 0 radical (unpaired) electrons. The molecule has 2 amide bonds. The third-order valence-corrected chi connectivity index (χ3v) is 5.04. The zero-order valence-electron chi connectivity index (χ0n) is 15.9. The molecule has 1 unspecified atom stereocenters. The fourth-order valence-electron chi connectivity index (χ4n) is 2.63. The second kappa shape index (κ2) is 14.1. The van der Waals surface area contributed by atoms with Crippen LogP contribution in [0.5, 0.6) is 0 Å². The molecule has 0 fully saturated rings. The Kier molecular flexibility index (Phi) is 12.0. The van der Waals surface area contributed by atoms with E-state index in [1.807, 2.05) is 37.3 Å². The number of rotatable bonds is 14. The van der Waals surface area contributed by atoms with E-state index >= 15 is 0 Å². The first kappa shape index (κ1) is 23.0. The van der Waals surface area contributed by atoms with E-state index in [4.69, 9.17) is 5.11 Å². The highest BCUT2D eigenvalue weighted by molar-refractivity contribution is 7.99. The number of carboxylic acid groups (broad SMARTS) is 1. The number of benzene rings is 1. The molecule has 0 bridgehead atoms. The first-order chi connectivity index (χ1) is 13.0. The molecule has 0 saturated carbocycles. The van der Waals surface area contributed by atoms with Gasteiger partial charge in [-0.3, -0.25) is 14.4 Å². The van der Waals surface area contributed by atoms with Crippen molar-refractivity contribution in [1.82, 2.24) is 10.6 Å². The summed E-state index contributed by atoms with van der Waals surface area (Å²) in [6.45, 7) is 2.88. The fourth-order valence-corrected chi connectivity index (χ4v) is 3.53. The highest BCUT2D eigenvalue weighted by atomic mass is 32.2. The van der Waals surface area contributed by atoms with Crippen LogP contribution in [-0.2, 0) is 14.4 Å². The fraction of sp³-hybridized carbons (Fsp3) is 0.550. The standard InChI is InChI=1S/C20H30N2O4S/c1-2-6-18(23)21-11-9-19(24)22-12-14-27-13-10-17(15-20(25)26)16-7-4-3-5-8-16/h3-5,7-8,17H,2,6,9-15H2,1H3,(H,21,23)(H,22,24)(H,25,26). The van der Waals surface area contributed by atoms with Crippen molar-refractivity contribution in [3.63, 3.8) is 0 Å². The third-order valence-electron chi connectivity index (χ3n) is 4.02. The van der Waals surface area contributed by atoms with Gasteiger partial charge in [0.2, 0.25) is 11.8 Å². The molecule has 150 valence electrons. The Morgan fingerprint density at radius 1 is 1.00 bits per heavy atom. The molecule has 27 heavy (non-hydrogen) atoms. The van der Waals surface area contributed by atoms with Gasteiger partial charge < -0.3 is 15.7 Å². The highest BCUT2D eigenvalue weighted by Gasteiger charge is 2.15. The number of carboxylic acids is 1. The minimum Gasteiger partial charge on any atom is -0.481 e. The molecule has 1 rings (SSSR count). The molecule has 0 aliphatic heterocycles. The molecule has 1 atom stereocenters. The lowest BCUT2D eigenvalue weighted by Gasteiger charge is -2.15. The van der Waals surface area contributed by atoms with Crippen LogP contribution in [0, 0.1) is 0 Å². The maximum atomic E-state index is 11.7. The summed E-state index contributed by atoms with van der Waals surface area (Å²) < 4.78 is 0. The number of carbonyl (C=O) groups excluding carboxylic acids is 2. The second-order valence-electron chi connectivity index (χ2n) is 6.31. The number of aliphatic carboxylic acids is 1. The van der Waals surface area contributed by atoms with E-state index in [-0.39, 0.29) is 30.6 Å². The predicted molar refractivity (Wildman–Crippen MR) is 109 cm³/mol. The van der Waals surface area contributed by atoms with Crippen LogP contribution < -0.4 is 10.6 Å². The van der Waals surface area contributed by atoms with Crippen molar-refractivity contribution in [3.8, 4) is 0 Å². The van der Waals surface area contributed by atoms with E-state index < -0.39 is 5.97 Å². The molecular formula is C20H30N2O4S. The van der Waals surface area contributed by atoms with Crippen molar-refractivity contribution in [2.24, 2.45) is 0 Å². The summed E-state index contributed by atoms with van der Waals surface area (Å²) >= 11 is 1.70. The summed E-state index contributed by atoms with van der Waals surface area (Å²) in [5, 5.41) is 14.7. The number of thioether (sulfide) groups is 1. The first-order valence-corrected chi connectivity index (χ1v) is 10.6. The maximum Gasteiger partial charge on any atom is 0.303 e. The van der Waals surface area contributed by atoms with Crippen LogP contribution in [0.25, 0.3) is 0 Å². The van der Waals surface area contributed by atoms with Crippen LogP contribution in [0.2, 0.25) is 0 Å². The van der Waals surface area contributed by atoms with Crippen LogP contribution in [0.3, 0.4) is 0 Å². The Morgan fingerprint density at radius 2 is 1.67 bits per heavy atom. The van der Waals surface area contributed by atoms with Gasteiger partial charge in [-0.05, 0) is 30.1 Å². The van der Waals surface area contributed by atoms with Gasteiger partial charge in [0, 0.05) is 31.7 Å². The smallest absolute Gasteiger partial charge is 0.303 e. The number of carbonyl (C=O) groups is 3. The van der Waals surface area contributed by atoms with E-state index in [9.17, 15) is 14.4 Å². The van der Waals surface area contributed by atoms with Gasteiger partial charge in [-0.15, -0.1) is 0 Å². The summed E-state index contributed by atoms with van der Waals surface area (Å²) in [5.74, 6) is 0.762. The molecule has 0 spiro atoms. The van der Waals surface area contributed by atoms with Crippen LogP contribution in [0.15, 0.2) is 30.3 Å². The molecule has 1 aromatic carbocycles. The lowest BCUT2D eigenvalue weighted by molar-refractivity contribution is -0.137. The Morgan fingerprint density at radius 3 is 2.33 bits per heavy atom. The van der Waals surface area contributed by atoms with Gasteiger partial charge >= 0.3 is 5.97 Å². The molecular weight excluding hydrogens is 364 g/mol. The van der Waals surface area contributed by atoms with E-state index in [0.29, 0.717) is 19.5 Å². The van der Waals surface area contributed by atoms with Crippen LogP contribution >= 0.6 is 11.8 Å². The average molecular weight is 395 g/mol. The normalized spacial score (nSPS) is 11.6. The van der Waals surface area contributed by atoms with Gasteiger partial charge in [0.15, 0.2) is 0 Å². The summed E-state index contributed by atoms with van der Waals surface area (Å²) in [7, 11) is 0. The van der Waals surface area contributed by atoms with Gasteiger partial charge in [0.05, 0.1) is 6.42 Å². The van der Waals surface area contributed by atoms with Crippen LogP contribution in [0.4, 0.5) is 0 Å². The minimum absolute atomic E-state index is 0.0116. The quantitative estimate of drug-likeness (QED) is 0.422. The third kappa shape index (κ3) is 11.3. The van der Waals surface area contributed by atoms with E-state index in [1.54, 1.807) is 11.8 Å². The number of hydrogen-bond donors (Lipinski definition) is 3. The highest BCUT2D eigenvalue weighted by Crippen LogP contribution is 2.25. The van der Waals surface area contributed by atoms with Gasteiger partial charge in [0.25, 0.3) is 0 Å². The van der Waals surface area contributed by atoms with Gasteiger partial charge in [0.1, 0.15) is 0 Å². The summed E-state index contributed by atoms with van der Waals surface area (Å²) in [5.41, 5.74) is 1.05. The van der Waals surface area contributed by atoms with Crippen molar-refractivity contribution in [1.29, 1.82) is 0 Å². The monoisotopic (exact) mass is 394 g/mol. The Hall–Kier alpha value is -2.02. The molecule has 0 aliphatic carbocycles. The van der Waals surface area contributed by atoms with Gasteiger partial charge in [-0.1, -0.05) is 37.3 Å². The average Bonchev–Trinajstić information content (AvgIpc) is 2.64. The zero-order chi connectivity index (χ0) is 19.9. The lowest BCUT2D eigenvalue weighted by atomic mass is 9.93. The number of nitrogens with one attached hydrogen (secondary N) is 2. The predicted octanol–water partition coefficient (Wildman–Crippen LogP) is 2.79. The second-order valence-corrected chi connectivity index (χ2v) is 7.53. The van der Waals surface area contributed by atoms with Crippen molar-refractivity contribution in [2.75, 3.05) is 24.6 Å². The van der Waals surface area contributed by atoms with E-state index in [2.05, 4.69) is 10.6 Å². The first-order valence-electron chi connectivity index (χ1n) is 9.40. The Bertz CT molecular complexity index is 581. The van der Waals surface area contributed by atoms with Gasteiger partial charge in [-0.25, -0.2) is 0 Å². The molecule has 0 heterocycles.